The van der Waals surface area contributed by atoms with Crippen LogP contribution in [0.4, 0.5) is 0 Å². The summed E-state index contributed by atoms with van der Waals surface area (Å²) in [6.07, 6.45) is -6.48. The summed E-state index contributed by atoms with van der Waals surface area (Å²) in [6, 6.07) is 0.993. The zero-order valence-corrected chi connectivity index (χ0v) is 12.8. The molecule has 11 nitrogen and oxygen atoms in total. The summed E-state index contributed by atoms with van der Waals surface area (Å²) in [4.78, 5) is 42.5. The van der Waals surface area contributed by atoms with Gasteiger partial charge in [0, 0.05) is 12.3 Å². The summed E-state index contributed by atoms with van der Waals surface area (Å²) in [5.74, 6) is 0. The molecule has 0 aliphatic carbocycles. The molecule has 1 aliphatic rings. The van der Waals surface area contributed by atoms with Crippen LogP contribution in [-0.2, 0) is 9.30 Å². The maximum atomic E-state index is 11.8. The van der Waals surface area contributed by atoms with Gasteiger partial charge in [-0.3, -0.25) is 18.9 Å². The topological polar surface area (TPSA) is 182 Å². The molecule has 12 heteroatoms. The lowest BCUT2D eigenvalue weighted by atomic mass is 9.94. The number of aliphatic hydroxyl groups excluding tert-OH is 2. The zero-order valence-electron chi connectivity index (χ0n) is 11.9. The van der Waals surface area contributed by atoms with E-state index in [1.54, 1.807) is 0 Å². The number of ether oxygens (including phenoxy) is 1. The highest BCUT2D eigenvalue weighted by atomic mass is 31.2. The smallest absolute Gasteiger partial charge is 0.330 e. The van der Waals surface area contributed by atoms with Crippen molar-refractivity contribution < 1.29 is 34.4 Å². The number of hydrogen-bond donors (Lipinski definition) is 6. The van der Waals surface area contributed by atoms with Crippen LogP contribution in [0.2, 0.25) is 0 Å². The molecule has 5 unspecified atom stereocenters. The van der Waals surface area contributed by atoms with E-state index in [-0.39, 0.29) is 0 Å². The highest BCUT2D eigenvalue weighted by molar-refractivity contribution is 7.51. The number of hydrogen-bond acceptors (Lipinski definition) is 7. The first-order chi connectivity index (χ1) is 10.4. The van der Waals surface area contributed by atoms with Crippen LogP contribution in [-0.4, -0.2) is 64.7 Å². The fourth-order valence-corrected chi connectivity index (χ4v) is 3.14. The minimum Gasteiger partial charge on any atom is -0.390 e. The Morgan fingerprint density at radius 2 is 2.09 bits per heavy atom. The van der Waals surface area contributed by atoms with Gasteiger partial charge >= 0.3 is 13.3 Å². The summed E-state index contributed by atoms with van der Waals surface area (Å²) >= 11 is 0. The molecule has 0 amide bonds. The van der Waals surface area contributed by atoms with Gasteiger partial charge in [-0.25, -0.2) is 4.79 Å². The molecule has 1 fully saturated rings. The van der Waals surface area contributed by atoms with E-state index in [4.69, 9.17) is 14.5 Å². The lowest BCUT2D eigenvalue weighted by Gasteiger charge is -2.27. The van der Waals surface area contributed by atoms with Crippen LogP contribution in [0.5, 0.6) is 0 Å². The van der Waals surface area contributed by atoms with Crippen LogP contribution in [0.25, 0.3) is 0 Å². The Balaban J connectivity index is 2.35. The molecule has 1 saturated heterocycles. The van der Waals surface area contributed by atoms with Crippen LogP contribution < -0.4 is 11.2 Å². The zero-order chi connectivity index (χ0) is 17.6. The molecule has 2 heterocycles. The van der Waals surface area contributed by atoms with Gasteiger partial charge in [-0.1, -0.05) is 0 Å². The maximum absolute atomic E-state index is 11.8. The SMILES string of the molecule is CC1(O)C(O)C(C(O)CP(=O)(O)O)OC1n1ccc(=O)[nH]c1=O. The van der Waals surface area contributed by atoms with Crippen molar-refractivity contribution in [2.24, 2.45) is 0 Å². The van der Waals surface area contributed by atoms with E-state index in [0.29, 0.717) is 0 Å². The van der Waals surface area contributed by atoms with E-state index in [1.165, 1.54) is 0 Å². The molecular formula is C11H17N2O9P. The summed E-state index contributed by atoms with van der Waals surface area (Å²) < 4.78 is 17.0. The van der Waals surface area contributed by atoms with Crippen molar-refractivity contribution >= 4 is 7.60 Å². The number of nitrogens with one attached hydrogen (secondary N) is 1. The maximum Gasteiger partial charge on any atom is 0.330 e. The second-order valence-electron chi connectivity index (χ2n) is 5.56. The van der Waals surface area contributed by atoms with Crippen LogP contribution in [0.15, 0.2) is 21.9 Å². The molecule has 0 bridgehead atoms. The largest absolute Gasteiger partial charge is 0.390 e. The minimum absolute atomic E-state index is 0.678. The highest BCUT2D eigenvalue weighted by Crippen LogP contribution is 2.42. The van der Waals surface area contributed by atoms with Gasteiger partial charge in [-0.05, 0) is 6.92 Å². The van der Waals surface area contributed by atoms with E-state index < -0.39 is 55.1 Å². The Bertz CT molecular complexity index is 736. The van der Waals surface area contributed by atoms with Gasteiger partial charge in [0.15, 0.2) is 6.23 Å². The Labute approximate surface area is 129 Å². The van der Waals surface area contributed by atoms with E-state index in [9.17, 15) is 29.5 Å². The van der Waals surface area contributed by atoms with Gasteiger partial charge in [0.2, 0.25) is 0 Å². The predicted molar refractivity (Wildman–Crippen MR) is 74.8 cm³/mol. The first-order valence-corrected chi connectivity index (χ1v) is 8.33. The number of aromatic nitrogens is 2. The molecule has 6 N–H and O–H groups in total. The Kier molecular flexibility index (Phi) is 4.66. The second-order valence-corrected chi connectivity index (χ2v) is 7.25. The molecule has 1 aromatic heterocycles. The van der Waals surface area contributed by atoms with Gasteiger partial charge in [0.05, 0.1) is 12.3 Å². The van der Waals surface area contributed by atoms with Crippen LogP contribution in [0.3, 0.4) is 0 Å². The molecule has 0 saturated carbocycles. The average molecular weight is 352 g/mol. The molecule has 130 valence electrons. The van der Waals surface area contributed by atoms with Crippen LogP contribution in [0.1, 0.15) is 13.2 Å². The van der Waals surface area contributed by atoms with Crippen molar-refractivity contribution in [2.75, 3.05) is 6.16 Å². The molecular weight excluding hydrogens is 335 g/mol. The monoisotopic (exact) mass is 352 g/mol. The van der Waals surface area contributed by atoms with Crippen LogP contribution in [0, 0.1) is 0 Å². The number of H-pyrrole nitrogens is 1. The highest BCUT2D eigenvalue weighted by Gasteiger charge is 2.55. The predicted octanol–water partition coefficient (Wildman–Crippen LogP) is -2.92. The molecule has 1 aliphatic heterocycles. The van der Waals surface area contributed by atoms with Crippen LogP contribution >= 0.6 is 7.60 Å². The quantitative estimate of drug-likeness (QED) is 0.309. The van der Waals surface area contributed by atoms with E-state index >= 15 is 0 Å². The van der Waals surface area contributed by atoms with Crippen molar-refractivity contribution in [2.45, 2.75) is 37.1 Å². The van der Waals surface area contributed by atoms with Gasteiger partial charge in [-0.15, -0.1) is 0 Å². The third-order valence-electron chi connectivity index (χ3n) is 3.60. The van der Waals surface area contributed by atoms with Gasteiger partial charge in [0.1, 0.15) is 17.8 Å². The number of nitrogens with zero attached hydrogens (tertiary/aromatic N) is 1. The number of aliphatic hydroxyl groups is 3. The lowest BCUT2D eigenvalue weighted by Crippen LogP contribution is -2.48. The molecule has 2 rings (SSSR count). The fourth-order valence-electron chi connectivity index (χ4n) is 2.45. The summed E-state index contributed by atoms with van der Waals surface area (Å²) in [5.41, 5.74) is -3.65. The summed E-state index contributed by atoms with van der Waals surface area (Å²) in [5, 5.41) is 30.3. The molecule has 0 aromatic carbocycles. The Morgan fingerprint density at radius 3 is 2.61 bits per heavy atom. The molecule has 23 heavy (non-hydrogen) atoms. The fraction of sp³-hybridized carbons (Fsp3) is 0.636. The average Bonchev–Trinajstić information content (AvgIpc) is 2.60. The molecule has 5 atom stereocenters. The second kappa shape index (κ2) is 5.95. The third kappa shape index (κ3) is 3.61. The van der Waals surface area contributed by atoms with Crippen molar-refractivity contribution in [1.29, 1.82) is 0 Å². The molecule has 1 aromatic rings. The first-order valence-electron chi connectivity index (χ1n) is 6.53. The Hall–Kier alpha value is -1.33. The first kappa shape index (κ1) is 18.0. The standard InChI is InChI=1S/C11H17N2O9P/c1-11(18)8(16)7(5(14)4-23(19,20)21)22-9(11)13-3-2-6(15)12-10(13)17/h2-3,5,7-9,14,16,18H,4H2,1H3,(H,12,15,17)(H2,19,20,21). The van der Waals surface area contributed by atoms with E-state index in [2.05, 4.69) is 0 Å². The summed E-state index contributed by atoms with van der Waals surface area (Å²) in [6.45, 7) is 1.13. The Morgan fingerprint density at radius 1 is 1.48 bits per heavy atom. The van der Waals surface area contributed by atoms with Crippen molar-refractivity contribution in [3.05, 3.63) is 33.1 Å². The van der Waals surface area contributed by atoms with Crippen molar-refractivity contribution in [3.8, 4) is 0 Å². The third-order valence-corrected chi connectivity index (χ3v) is 4.45. The van der Waals surface area contributed by atoms with Gasteiger partial charge in [-0.2, -0.15) is 0 Å². The van der Waals surface area contributed by atoms with E-state index in [0.717, 1.165) is 23.8 Å². The van der Waals surface area contributed by atoms with Crippen molar-refractivity contribution in [1.82, 2.24) is 9.55 Å². The molecule has 0 radical (unpaired) electrons. The summed E-state index contributed by atoms with van der Waals surface area (Å²) in [7, 11) is -4.59. The normalized spacial score (nSPS) is 32.9. The van der Waals surface area contributed by atoms with Gasteiger partial charge < -0.3 is 29.8 Å². The van der Waals surface area contributed by atoms with E-state index in [1.807, 2.05) is 4.98 Å². The minimum atomic E-state index is -4.59. The van der Waals surface area contributed by atoms with Crippen molar-refractivity contribution in [3.63, 3.8) is 0 Å². The number of aromatic amines is 1. The van der Waals surface area contributed by atoms with Gasteiger partial charge in [0.25, 0.3) is 5.56 Å². The number of rotatable bonds is 4. The lowest BCUT2D eigenvalue weighted by molar-refractivity contribution is -0.103. The molecule has 0 spiro atoms.